The number of benzene rings is 1. The van der Waals surface area contributed by atoms with E-state index < -0.39 is 9.84 Å². The van der Waals surface area contributed by atoms with Crippen LogP contribution in [0.25, 0.3) is 0 Å². The molecule has 1 saturated heterocycles. The molecule has 0 spiro atoms. The van der Waals surface area contributed by atoms with Crippen molar-refractivity contribution in [2.24, 2.45) is 0 Å². The molecule has 1 aliphatic heterocycles. The third-order valence-corrected chi connectivity index (χ3v) is 5.72. The number of urea groups is 1. The summed E-state index contributed by atoms with van der Waals surface area (Å²) in [4.78, 5) is 11.8. The number of sulfone groups is 1. The van der Waals surface area contributed by atoms with E-state index in [-0.39, 0.29) is 23.6 Å². The Morgan fingerprint density at radius 3 is 2.62 bits per heavy atom. The Labute approximate surface area is 141 Å². The molecule has 24 heavy (non-hydrogen) atoms. The minimum absolute atomic E-state index is 0.0303. The molecule has 2 aromatic rings. The second-order valence-electron chi connectivity index (χ2n) is 5.95. The average molecular weight is 348 g/mol. The van der Waals surface area contributed by atoms with Crippen LogP contribution in [-0.4, -0.2) is 41.8 Å². The fourth-order valence-corrected chi connectivity index (χ4v) is 4.34. The van der Waals surface area contributed by atoms with Gasteiger partial charge in [-0.3, -0.25) is 4.68 Å². The van der Waals surface area contributed by atoms with E-state index in [1.807, 2.05) is 41.2 Å². The van der Waals surface area contributed by atoms with Gasteiger partial charge in [0.15, 0.2) is 9.84 Å². The van der Waals surface area contributed by atoms with Crippen molar-refractivity contribution in [3.05, 3.63) is 53.9 Å². The predicted octanol–water partition coefficient (Wildman–Crippen LogP) is 0.918. The molecule has 1 atom stereocenters. The second-order valence-corrected chi connectivity index (χ2v) is 8.18. The molecule has 0 unspecified atom stereocenters. The Morgan fingerprint density at radius 1 is 1.25 bits per heavy atom. The number of rotatable bonds is 5. The van der Waals surface area contributed by atoms with Crippen LogP contribution < -0.4 is 10.6 Å². The summed E-state index contributed by atoms with van der Waals surface area (Å²) in [7, 11) is -2.98. The van der Waals surface area contributed by atoms with Gasteiger partial charge in [-0.25, -0.2) is 13.2 Å². The topological polar surface area (TPSA) is 93.1 Å². The summed E-state index contributed by atoms with van der Waals surface area (Å²) in [5, 5.41) is 9.62. The summed E-state index contributed by atoms with van der Waals surface area (Å²) in [6.07, 6.45) is 4.13. The Morgan fingerprint density at radius 2 is 2.00 bits per heavy atom. The zero-order chi connectivity index (χ0) is 17.0. The highest BCUT2D eigenvalue weighted by Crippen LogP contribution is 2.11. The van der Waals surface area contributed by atoms with Crippen LogP contribution >= 0.6 is 0 Å². The Hall–Kier alpha value is -2.35. The first-order valence-corrected chi connectivity index (χ1v) is 9.62. The molecule has 2 N–H and O–H groups in total. The van der Waals surface area contributed by atoms with Crippen LogP contribution in [0.3, 0.4) is 0 Å². The average Bonchev–Trinajstić information content (AvgIpc) is 3.16. The van der Waals surface area contributed by atoms with Gasteiger partial charge in [-0.1, -0.05) is 24.3 Å². The molecular formula is C16H20N4O3S. The first kappa shape index (κ1) is 16.5. The van der Waals surface area contributed by atoms with Gasteiger partial charge in [0, 0.05) is 25.0 Å². The number of amides is 2. The van der Waals surface area contributed by atoms with Crippen molar-refractivity contribution in [3.63, 3.8) is 0 Å². The van der Waals surface area contributed by atoms with Gasteiger partial charge < -0.3 is 10.6 Å². The van der Waals surface area contributed by atoms with Crippen LogP contribution in [0.4, 0.5) is 4.79 Å². The highest BCUT2D eigenvalue weighted by atomic mass is 32.2. The normalized spacial score (nSPS) is 19.1. The molecule has 2 heterocycles. The van der Waals surface area contributed by atoms with E-state index in [4.69, 9.17) is 0 Å². The molecule has 1 fully saturated rings. The largest absolute Gasteiger partial charge is 0.334 e. The molecule has 8 heteroatoms. The van der Waals surface area contributed by atoms with Crippen molar-refractivity contribution in [2.45, 2.75) is 25.6 Å². The molecule has 0 bridgehead atoms. The maximum Gasteiger partial charge on any atom is 0.315 e. The maximum atomic E-state index is 11.8. The number of hydrogen-bond acceptors (Lipinski definition) is 4. The zero-order valence-electron chi connectivity index (χ0n) is 13.2. The molecule has 1 aliphatic rings. The predicted molar refractivity (Wildman–Crippen MR) is 90.2 cm³/mol. The lowest BCUT2D eigenvalue weighted by molar-refractivity contribution is 0.237. The standard InChI is InChI=1S/C16H20N4O3S/c21-16(19-15-6-9-24(22,23)12-15)17-10-13-2-4-14(5-3-13)11-20-8-1-7-18-20/h1-5,7-8,15H,6,9-12H2,(H2,17,19,21)/t15-/m1/s1. The van der Waals surface area contributed by atoms with E-state index in [0.29, 0.717) is 19.5 Å². The Bertz CT molecular complexity index is 785. The van der Waals surface area contributed by atoms with Gasteiger partial charge in [-0.15, -0.1) is 0 Å². The van der Waals surface area contributed by atoms with Crippen LogP contribution in [0.15, 0.2) is 42.7 Å². The third kappa shape index (κ3) is 4.58. The van der Waals surface area contributed by atoms with Gasteiger partial charge in [0.25, 0.3) is 0 Å². The molecule has 3 rings (SSSR count). The fraction of sp³-hybridized carbons (Fsp3) is 0.375. The molecule has 1 aromatic heterocycles. The Balaban J connectivity index is 1.45. The number of nitrogens with zero attached hydrogens (tertiary/aromatic N) is 2. The minimum atomic E-state index is -2.98. The number of hydrogen-bond donors (Lipinski definition) is 2. The minimum Gasteiger partial charge on any atom is -0.334 e. The quantitative estimate of drug-likeness (QED) is 0.840. The van der Waals surface area contributed by atoms with Gasteiger partial charge in [-0.2, -0.15) is 5.10 Å². The van der Waals surface area contributed by atoms with Gasteiger partial charge in [0.1, 0.15) is 0 Å². The summed E-state index contributed by atoms with van der Waals surface area (Å²) in [5.74, 6) is 0.179. The van der Waals surface area contributed by atoms with Gasteiger partial charge >= 0.3 is 6.03 Å². The van der Waals surface area contributed by atoms with Crippen molar-refractivity contribution in [2.75, 3.05) is 11.5 Å². The molecular weight excluding hydrogens is 328 g/mol. The van der Waals surface area contributed by atoms with E-state index in [9.17, 15) is 13.2 Å². The fourth-order valence-electron chi connectivity index (χ4n) is 2.67. The van der Waals surface area contributed by atoms with Crippen molar-refractivity contribution in [1.82, 2.24) is 20.4 Å². The molecule has 0 saturated carbocycles. The van der Waals surface area contributed by atoms with Gasteiger partial charge in [0.2, 0.25) is 0 Å². The molecule has 1 aromatic carbocycles. The Kier molecular flexibility index (Phi) is 4.84. The van der Waals surface area contributed by atoms with Gasteiger partial charge in [0.05, 0.1) is 18.1 Å². The van der Waals surface area contributed by atoms with Crippen molar-refractivity contribution in [3.8, 4) is 0 Å². The summed E-state index contributed by atoms with van der Waals surface area (Å²) in [5.41, 5.74) is 2.11. The van der Waals surface area contributed by atoms with E-state index in [0.717, 1.165) is 11.1 Å². The lowest BCUT2D eigenvalue weighted by Gasteiger charge is -2.12. The monoisotopic (exact) mass is 348 g/mol. The maximum absolute atomic E-state index is 11.8. The summed E-state index contributed by atoms with van der Waals surface area (Å²) in [6.45, 7) is 1.10. The lowest BCUT2D eigenvalue weighted by Crippen LogP contribution is -2.42. The molecule has 0 radical (unpaired) electrons. The van der Waals surface area contributed by atoms with Crippen LogP contribution in [0.1, 0.15) is 17.5 Å². The second kappa shape index (κ2) is 7.04. The molecule has 0 aliphatic carbocycles. The van der Waals surface area contributed by atoms with Crippen molar-refractivity contribution < 1.29 is 13.2 Å². The van der Waals surface area contributed by atoms with Crippen molar-refractivity contribution in [1.29, 1.82) is 0 Å². The van der Waals surface area contributed by atoms with E-state index in [1.54, 1.807) is 6.20 Å². The van der Waals surface area contributed by atoms with Gasteiger partial charge in [-0.05, 0) is 23.6 Å². The van der Waals surface area contributed by atoms with E-state index in [1.165, 1.54) is 0 Å². The number of nitrogens with one attached hydrogen (secondary N) is 2. The molecule has 2 amide bonds. The van der Waals surface area contributed by atoms with Crippen molar-refractivity contribution >= 4 is 15.9 Å². The van der Waals surface area contributed by atoms with E-state index in [2.05, 4.69) is 15.7 Å². The summed E-state index contributed by atoms with van der Waals surface area (Å²) >= 11 is 0. The lowest BCUT2D eigenvalue weighted by atomic mass is 10.1. The third-order valence-electron chi connectivity index (χ3n) is 3.95. The number of carbonyl (C=O) groups is 1. The highest BCUT2D eigenvalue weighted by Gasteiger charge is 2.28. The SMILES string of the molecule is O=C(NCc1ccc(Cn2cccn2)cc1)N[C@@H]1CCS(=O)(=O)C1. The first-order chi connectivity index (χ1) is 11.5. The van der Waals surface area contributed by atoms with Crippen LogP contribution in [0, 0.1) is 0 Å². The highest BCUT2D eigenvalue weighted by molar-refractivity contribution is 7.91. The molecule has 128 valence electrons. The van der Waals surface area contributed by atoms with E-state index >= 15 is 0 Å². The number of aromatic nitrogens is 2. The summed E-state index contributed by atoms with van der Waals surface area (Å²) in [6, 6.07) is 9.18. The van der Waals surface area contributed by atoms with Crippen LogP contribution in [0.5, 0.6) is 0 Å². The first-order valence-electron chi connectivity index (χ1n) is 7.80. The smallest absolute Gasteiger partial charge is 0.315 e. The summed E-state index contributed by atoms with van der Waals surface area (Å²) < 4.78 is 24.6. The zero-order valence-corrected chi connectivity index (χ0v) is 14.0. The van der Waals surface area contributed by atoms with Crippen LogP contribution in [0.2, 0.25) is 0 Å². The number of carbonyl (C=O) groups excluding carboxylic acids is 1. The van der Waals surface area contributed by atoms with Crippen LogP contribution in [-0.2, 0) is 22.9 Å². The molecule has 7 nitrogen and oxygen atoms in total.